The Morgan fingerprint density at radius 1 is 1.60 bits per heavy atom. The van der Waals surface area contributed by atoms with Gasteiger partial charge in [-0.2, -0.15) is 5.10 Å². The highest BCUT2D eigenvalue weighted by Gasteiger charge is 1.97. The van der Waals surface area contributed by atoms with Crippen molar-refractivity contribution in [2.45, 2.75) is 19.3 Å². The summed E-state index contributed by atoms with van der Waals surface area (Å²) in [4.78, 5) is 10.2. The van der Waals surface area contributed by atoms with E-state index in [9.17, 15) is 4.79 Å². The number of aliphatic carboxylic acids is 1. The van der Waals surface area contributed by atoms with Crippen LogP contribution < -0.4 is 5.32 Å². The van der Waals surface area contributed by atoms with E-state index in [2.05, 4.69) is 10.4 Å². The molecule has 0 fully saturated rings. The molecule has 1 aromatic heterocycles. The van der Waals surface area contributed by atoms with Crippen molar-refractivity contribution >= 4 is 5.97 Å². The molecular formula is C10H17N3O2. The summed E-state index contributed by atoms with van der Waals surface area (Å²) in [6, 6.07) is 1.99. The smallest absolute Gasteiger partial charge is 0.303 e. The van der Waals surface area contributed by atoms with Gasteiger partial charge in [0.1, 0.15) is 0 Å². The minimum atomic E-state index is -0.735. The topological polar surface area (TPSA) is 67.2 Å². The molecule has 0 atom stereocenters. The van der Waals surface area contributed by atoms with Gasteiger partial charge in [0.2, 0.25) is 0 Å². The fourth-order valence-electron chi connectivity index (χ4n) is 1.30. The maximum absolute atomic E-state index is 10.2. The van der Waals surface area contributed by atoms with Crippen molar-refractivity contribution in [3.8, 4) is 0 Å². The molecule has 0 aliphatic heterocycles. The molecule has 0 aliphatic rings. The van der Waals surface area contributed by atoms with Gasteiger partial charge in [-0.25, -0.2) is 0 Å². The van der Waals surface area contributed by atoms with E-state index in [-0.39, 0.29) is 6.42 Å². The number of rotatable bonds is 7. The summed E-state index contributed by atoms with van der Waals surface area (Å²) in [7, 11) is 1.89. The van der Waals surface area contributed by atoms with E-state index < -0.39 is 5.97 Å². The largest absolute Gasteiger partial charge is 0.481 e. The van der Waals surface area contributed by atoms with E-state index >= 15 is 0 Å². The molecule has 0 saturated heterocycles. The van der Waals surface area contributed by atoms with Crippen LogP contribution in [0.4, 0.5) is 0 Å². The fourth-order valence-corrected chi connectivity index (χ4v) is 1.30. The average molecular weight is 211 g/mol. The van der Waals surface area contributed by atoms with Gasteiger partial charge in [-0.15, -0.1) is 0 Å². The maximum Gasteiger partial charge on any atom is 0.303 e. The lowest BCUT2D eigenvalue weighted by atomic mass is 10.3. The molecular weight excluding hydrogens is 194 g/mol. The van der Waals surface area contributed by atoms with Crippen LogP contribution in [-0.4, -0.2) is 33.9 Å². The second kappa shape index (κ2) is 6.19. The van der Waals surface area contributed by atoms with Crippen LogP contribution in [0.2, 0.25) is 0 Å². The van der Waals surface area contributed by atoms with Gasteiger partial charge >= 0.3 is 5.97 Å². The molecule has 0 aliphatic carbocycles. The Hall–Kier alpha value is -1.36. The van der Waals surface area contributed by atoms with E-state index in [1.54, 1.807) is 4.68 Å². The molecule has 0 aromatic carbocycles. The maximum atomic E-state index is 10.2. The summed E-state index contributed by atoms with van der Waals surface area (Å²) in [6.07, 6.45) is 3.71. The van der Waals surface area contributed by atoms with Gasteiger partial charge in [-0.1, -0.05) is 0 Å². The molecule has 0 bridgehead atoms. The van der Waals surface area contributed by atoms with Crippen molar-refractivity contribution in [2.75, 3.05) is 13.1 Å². The SMILES string of the molecule is Cn1ccc(CCNCCCC(=O)O)n1. The molecule has 1 aromatic rings. The first-order valence-corrected chi connectivity index (χ1v) is 5.09. The zero-order valence-corrected chi connectivity index (χ0v) is 8.94. The van der Waals surface area contributed by atoms with Gasteiger partial charge in [-0.05, 0) is 19.0 Å². The Morgan fingerprint density at radius 3 is 3.00 bits per heavy atom. The molecule has 15 heavy (non-hydrogen) atoms. The van der Waals surface area contributed by atoms with E-state index in [1.165, 1.54) is 0 Å². The van der Waals surface area contributed by atoms with Gasteiger partial charge in [0.25, 0.3) is 0 Å². The molecule has 1 rings (SSSR count). The first-order valence-electron chi connectivity index (χ1n) is 5.09. The Balaban J connectivity index is 2.00. The molecule has 0 unspecified atom stereocenters. The standard InChI is InChI=1S/C10H17N3O2/c1-13-8-5-9(12-13)4-7-11-6-2-3-10(14)15/h5,8,11H,2-4,6-7H2,1H3,(H,14,15). The Labute approximate surface area is 89.1 Å². The highest BCUT2D eigenvalue weighted by atomic mass is 16.4. The normalized spacial score (nSPS) is 10.5. The second-order valence-electron chi connectivity index (χ2n) is 3.48. The minimum absolute atomic E-state index is 0.233. The summed E-state index contributed by atoms with van der Waals surface area (Å²) in [5, 5.41) is 15.8. The number of carboxylic acids is 1. The fraction of sp³-hybridized carbons (Fsp3) is 0.600. The number of nitrogens with zero attached hydrogens (tertiary/aromatic N) is 2. The summed E-state index contributed by atoms with van der Waals surface area (Å²) in [6.45, 7) is 1.59. The van der Waals surface area contributed by atoms with E-state index in [1.807, 2.05) is 19.3 Å². The first kappa shape index (κ1) is 11.7. The molecule has 0 saturated carbocycles. The third-order valence-corrected chi connectivity index (χ3v) is 2.07. The average Bonchev–Trinajstić information content (AvgIpc) is 2.57. The third-order valence-electron chi connectivity index (χ3n) is 2.07. The highest BCUT2D eigenvalue weighted by Crippen LogP contribution is 1.94. The van der Waals surface area contributed by atoms with E-state index in [0.717, 1.165) is 25.2 Å². The minimum Gasteiger partial charge on any atom is -0.481 e. The predicted molar refractivity (Wildman–Crippen MR) is 56.7 cm³/mol. The molecule has 5 nitrogen and oxygen atoms in total. The zero-order chi connectivity index (χ0) is 11.1. The van der Waals surface area contributed by atoms with Crippen LogP contribution in [-0.2, 0) is 18.3 Å². The van der Waals surface area contributed by atoms with Crippen molar-refractivity contribution in [1.29, 1.82) is 0 Å². The van der Waals surface area contributed by atoms with Crippen molar-refractivity contribution in [3.05, 3.63) is 18.0 Å². The number of aromatic nitrogens is 2. The lowest BCUT2D eigenvalue weighted by Crippen LogP contribution is -2.19. The molecule has 2 N–H and O–H groups in total. The predicted octanol–water partition coefficient (Wildman–Crippen LogP) is 0.417. The number of carboxylic acid groups (broad SMARTS) is 1. The number of carbonyl (C=O) groups is 1. The number of aryl methyl sites for hydroxylation is 1. The van der Waals surface area contributed by atoms with Crippen LogP contribution in [0.1, 0.15) is 18.5 Å². The lowest BCUT2D eigenvalue weighted by Gasteiger charge is -2.01. The molecule has 0 spiro atoms. The van der Waals surface area contributed by atoms with Crippen LogP contribution in [0.15, 0.2) is 12.3 Å². The van der Waals surface area contributed by atoms with E-state index in [4.69, 9.17) is 5.11 Å². The van der Waals surface area contributed by atoms with Crippen LogP contribution in [0.5, 0.6) is 0 Å². The van der Waals surface area contributed by atoms with Crippen molar-refractivity contribution < 1.29 is 9.90 Å². The first-order chi connectivity index (χ1) is 7.18. The Bertz CT molecular complexity index is 309. The highest BCUT2D eigenvalue weighted by molar-refractivity contribution is 5.66. The molecule has 5 heteroatoms. The van der Waals surface area contributed by atoms with Gasteiger partial charge in [0.15, 0.2) is 0 Å². The summed E-state index contributed by atoms with van der Waals surface area (Å²) in [5.41, 5.74) is 1.06. The van der Waals surface area contributed by atoms with Crippen molar-refractivity contribution in [3.63, 3.8) is 0 Å². The van der Waals surface area contributed by atoms with Crippen LogP contribution in [0.3, 0.4) is 0 Å². The van der Waals surface area contributed by atoms with Crippen LogP contribution >= 0.6 is 0 Å². The molecule has 1 heterocycles. The van der Waals surface area contributed by atoms with Gasteiger partial charge in [-0.3, -0.25) is 9.48 Å². The van der Waals surface area contributed by atoms with Crippen molar-refractivity contribution in [1.82, 2.24) is 15.1 Å². The number of hydrogen-bond donors (Lipinski definition) is 2. The summed E-state index contributed by atoms with van der Waals surface area (Å²) < 4.78 is 1.78. The number of nitrogens with one attached hydrogen (secondary N) is 1. The van der Waals surface area contributed by atoms with Gasteiger partial charge in [0.05, 0.1) is 5.69 Å². The summed E-state index contributed by atoms with van der Waals surface area (Å²) in [5.74, 6) is -0.735. The Morgan fingerprint density at radius 2 is 2.40 bits per heavy atom. The van der Waals surface area contributed by atoms with Crippen LogP contribution in [0, 0.1) is 0 Å². The molecule has 84 valence electrons. The van der Waals surface area contributed by atoms with Gasteiger partial charge in [0, 0.05) is 32.6 Å². The summed E-state index contributed by atoms with van der Waals surface area (Å²) >= 11 is 0. The van der Waals surface area contributed by atoms with Crippen LogP contribution in [0.25, 0.3) is 0 Å². The molecule has 0 radical (unpaired) electrons. The van der Waals surface area contributed by atoms with Gasteiger partial charge < -0.3 is 10.4 Å². The number of hydrogen-bond acceptors (Lipinski definition) is 3. The zero-order valence-electron chi connectivity index (χ0n) is 8.94. The second-order valence-corrected chi connectivity index (χ2v) is 3.48. The lowest BCUT2D eigenvalue weighted by molar-refractivity contribution is -0.137. The third kappa shape index (κ3) is 5.17. The molecule has 0 amide bonds. The Kier molecular flexibility index (Phi) is 4.83. The quantitative estimate of drug-likeness (QED) is 0.641. The van der Waals surface area contributed by atoms with Crippen molar-refractivity contribution in [2.24, 2.45) is 7.05 Å². The monoisotopic (exact) mass is 211 g/mol. The van der Waals surface area contributed by atoms with E-state index in [0.29, 0.717) is 6.42 Å².